The van der Waals surface area contributed by atoms with E-state index in [2.05, 4.69) is 51.8 Å². The molecule has 0 saturated carbocycles. The molecule has 4 heteroatoms. The number of hydrogen-bond donors (Lipinski definition) is 1. The minimum absolute atomic E-state index is 0. The molecule has 0 amide bonds. The van der Waals surface area contributed by atoms with Crippen molar-refractivity contribution in [2.24, 2.45) is 0 Å². The Morgan fingerprint density at radius 2 is 1.26 bits per heavy atom. The summed E-state index contributed by atoms with van der Waals surface area (Å²) in [6.07, 6.45) is 2.52. The Kier molecular flexibility index (Phi) is 9.76. The molecule has 2 nitrogen and oxygen atoms in total. The molecule has 1 atom stereocenters. The lowest BCUT2D eigenvalue weighted by Crippen LogP contribution is -2.45. The number of halogens is 2. The summed E-state index contributed by atoms with van der Waals surface area (Å²) in [5.74, 6) is 0. The second-order valence-electron chi connectivity index (χ2n) is 6.63. The van der Waals surface area contributed by atoms with Crippen molar-refractivity contribution in [3.05, 3.63) is 33.4 Å². The van der Waals surface area contributed by atoms with Crippen molar-refractivity contribution in [2.45, 2.75) is 60.4 Å². The Bertz CT molecular complexity index is 480. The fourth-order valence-corrected chi connectivity index (χ4v) is 3.81. The van der Waals surface area contributed by atoms with Crippen LogP contribution < -0.4 is 5.32 Å². The number of piperazine rings is 1. The Morgan fingerprint density at radius 3 is 1.70 bits per heavy atom. The highest BCUT2D eigenvalue weighted by molar-refractivity contribution is 5.85. The standard InChI is InChI=1S/C19H32N2.2ClH/c1-7-8-18(21-11-9-20-10-12-21)19-16(5)14(3)13(2)15(4)17(19)6;;/h18,20H,7-12H2,1-6H3;2*1H/t18-;;/m0../s1. The fourth-order valence-electron chi connectivity index (χ4n) is 3.81. The van der Waals surface area contributed by atoms with Crippen molar-refractivity contribution in [1.82, 2.24) is 10.2 Å². The van der Waals surface area contributed by atoms with Crippen LogP contribution in [0.25, 0.3) is 0 Å². The molecule has 1 aromatic rings. The van der Waals surface area contributed by atoms with Crippen LogP contribution in [0.4, 0.5) is 0 Å². The van der Waals surface area contributed by atoms with Crippen LogP contribution in [0, 0.1) is 34.6 Å². The van der Waals surface area contributed by atoms with E-state index in [0.29, 0.717) is 6.04 Å². The first-order chi connectivity index (χ1) is 9.99. The lowest BCUT2D eigenvalue weighted by Gasteiger charge is -2.37. The Balaban J connectivity index is 0.00000242. The van der Waals surface area contributed by atoms with E-state index >= 15 is 0 Å². The van der Waals surface area contributed by atoms with E-state index < -0.39 is 0 Å². The summed E-state index contributed by atoms with van der Waals surface area (Å²) in [4.78, 5) is 2.70. The molecule has 0 unspecified atom stereocenters. The van der Waals surface area contributed by atoms with Crippen LogP contribution in [-0.4, -0.2) is 31.1 Å². The SMILES string of the molecule is CCC[C@@H](c1c(C)c(C)c(C)c(C)c1C)N1CCNCC1.Cl.Cl. The lowest BCUT2D eigenvalue weighted by molar-refractivity contribution is 0.163. The summed E-state index contributed by atoms with van der Waals surface area (Å²) in [5, 5.41) is 3.48. The first-order valence-electron chi connectivity index (χ1n) is 8.50. The maximum absolute atomic E-state index is 3.48. The third kappa shape index (κ3) is 4.63. The Labute approximate surface area is 155 Å². The maximum atomic E-state index is 3.48. The normalized spacial score (nSPS) is 16.4. The molecule has 1 heterocycles. The van der Waals surface area contributed by atoms with Crippen LogP contribution in [0.15, 0.2) is 0 Å². The summed E-state index contributed by atoms with van der Waals surface area (Å²) >= 11 is 0. The molecule has 1 aliphatic rings. The van der Waals surface area contributed by atoms with Crippen molar-refractivity contribution in [3.8, 4) is 0 Å². The molecule has 0 radical (unpaired) electrons. The van der Waals surface area contributed by atoms with Crippen LogP contribution in [0.1, 0.15) is 59.2 Å². The first-order valence-corrected chi connectivity index (χ1v) is 8.50. The summed E-state index contributed by atoms with van der Waals surface area (Å²) < 4.78 is 0. The van der Waals surface area contributed by atoms with Gasteiger partial charge in [0, 0.05) is 32.2 Å². The molecule has 0 spiro atoms. The van der Waals surface area contributed by atoms with E-state index in [0.717, 1.165) is 13.1 Å². The predicted octanol–water partition coefficient (Wildman–Crippen LogP) is 4.82. The van der Waals surface area contributed by atoms with Crippen molar-refractivity contribution >= 4 is 24.8 Å². The quantitative estimate of drug-likeness (QED) is 0.827. The van der Waals surface area contributed by atoms with E-state index in [9.17, 15) is 0 Å². The van der Waals surface area contributed by atoms with E-state index in [4.69, 9.17) is 0 Å². The van der Waals surface area contributed by atoms with Crippen LogP contribution in [0.2, 0.25) is 0 Å². The third-order valence-corrected chi connectivity index (χ3v) is 5.55. The summed E-state index contributed by atoms with van der Waals surface area (Å²) in [6.45, 7) is 18.4. The number of benzene rings is 1. The van der Waals surface area contributed by atoms with Crippen molar-refractivity contribution in [1.29, 1.82) is 0 Å². The molecule has 2 rings (SSSR count). The number of nitrogens with zero attached hydrogens (tertiary/aromatic N) is 1. The van der Waals surface area contributed by atoms with Gasteiger partial charge in [0.1, 0.15) is 0 Å². The van der Waals surface area contributed by atoms with Gasteiger partial charge in [0.25, 0.3) is 0 Å². The molecule has 23 heavy (non-hydrogen) atoms. The Morgan fingerprint density at radius 1 is 0.826 bits per heavy atom. The van der Waals surface area contributed by atoms with Gasteiger partial charge in [0.2, 0.25) is 0 Å². The van der Waals surface area contributed by atoms with Crippen LogP contribution in [-0.2, 0) is 0 Å². The van der Waals surface area contributed by atoms with Gasteiger partial charge in [0.15, 0.2) is 0 Å². The van der Waals surface area contributed by atoms with E-state index in [-0.39, 0.29) is 24.8 Å². The highest BCUT2D eigenvalue weighted by atomic mass is 35.5. The van der Waals surface area contributed by atoms with Crippen LogP contribution >= 0.6 is 24.8 Å². The van der Waals surface area contributed by atoms with E-state index in [1.165, 1.54) is 53.7 Å². The molecule has 0 aromatic heterocycles. The average molecular weight is 361 g/mol. The van der Waals surface area contributed by atoms with Crippen molar-refractivity contribution in [3.63, 3.8) is 0 Å². The number of nitrogens with one attached hydrogen (secondary N) is 1. The summed E-state index contributed by atoms with van der Waals surface area (Å²) in [5.41, 5.74) is 9.11. The average Bonchev–Trinajstić information content (AvgIpc) is 2.51. The minimum atomic E-state index is 0. The van der Waals surface area contributed by atoms with Gasteiger partial charge in [0.05, 0.1) is 0 Å². The lowest BCUT2D eigenvalue weighted by atomic mass is 9.84. The summed E-state index contributed by atoms with van der Waals surface area (Å²) in [7, 11) is 0. The fraction of sp³-hybridized carbons (Fsp3) is 0.684. The van der Waals surface area contributed by atoms with Gasteiger partial charge >= 0.3 is 0 Å². The Hall–Kier alpha value is -0.280. The minimum Gasteiger partial charge on any atom is -0.314 e. The van der Waals surface area contributed by atoms with E-state index in [1.807, 2.05) is 0 Å². The van der Waals surface area contributed by atoms with Crippen LogP contribution in [0.3, 0.4) is 0 Å². The molecular formula is C19H34Cl2N2. The second-order valence-corrected chi connectivity index (χ2v) is 6.63. The maximum Gasteiger partial charge on any atom is 0.0354 e. The molecule has 134 valence electrons. The van der Waals surface area contributed by atoms with Crippen molar-refractivity contribution in [2.75, 3.05) is 26.2 Å². The largest absolute Gasteiger partial charge is 0.314 e. The van der Waals surface area contributed by atoms with Gasteiger partial charge in [-0.25, -0.2) is 0 Å². The van der Waals surface area contributed by atoms with Gasteiger partial charge in [-0.05, 0) is 74.4 Å². The van der Waals surface area contributed by atoms with Gasteiger partial charge in [-0.15, -0.1) is 24.8 Å². The topological polar surface area (TPSA) is 15.3 Å². The molecule has 0 aliphatic carbocycles. The zero-order chi connectivity index (χ0) is 15.6. The molecule has 1 saturated heterocycles. The van der Waals surface area contributed by atoms with Gasteiger partial charge in [-0.1, -0.05) is 13.3 Å². The molecule has 1 aliphatic heterocycles. The van der Waals surface area contributed by atoms with Crippen molar-refractivity contribution < 1.29 is 0 Å². The molecule has 1 fully saturated rings. The zero-order valence-corrected chi connectivity index (χ0v) is 17.2. The van der Waals surface area contributed by atoms with Gasteiger partial charge < -0.3 is 5.32 Å². The number of rotatable bonds is 4. The monoisotopic (exact) mass is 360 g/mol. The molecular weight excluding hydrogens is 327 g/mol. The highest BCUT2D eigenvalue weighted by Gasteiger charge is 2.26. The third-order valence-electron chi connectivity index (χ3n) is 5.55. The summed E-state index contributed by atoms with van der Waals surface area (Å²) in [6, 6.07) is 0.593. The molecule has 0 bridgehead atoms. The number of hydrogen-bond acceptors (Lipinski definition) is 2. The molecule has 1 N–H and O–H groups in total. The van der Waals surface area contributed by atoms with Gasteiger partial charge in [-0.3, -0.25) is 4.90 Å². The zero-order valence-electron chi connectivity index (χ0n) is 15.6. The van der Waals surface area contributed by atoms with E-state index in [1.54, 1.807) is 5.56 Å². The smallest absolute Gasteiger partial charge is 0.0354 e. The second kappa shape index (κ2) is 9.88. The van der Waals surface area contributed by atoms with Crippen LogP contribution in [0.5, 0.6) is 0 Å². The first kappa shape index (κ1) is 22.7. The molecule has 1 aromatic carbocycles. The highest BCUT2D eigenvalue weighted by Crippen LogP contribution is 2.35. The van der Waals surface area contributed by atoms with Gasteiger partial charge in [-0.2, -0.15) is 0 Å². The predicted molar refractivity (Wildman–Crippen MR) is 107 cm³/mol.